The third-order valence-electron chi connectivity index (χ3n) is 4.81. The summed E-state index contributed by atoms with van der Waals surface area (Å²) in [7, 11) is 0. The average Bonchev–Trinajstić information content (AvgIpc) is 2.71. The maximum absolute atomic E-state index is 13.3. The topological polar surface area (TPSA) is 60.5 Å². The SMILES string of the molecule is O=C(NCc1ccnc(OCC(F)(F)F)c1)C1(c2ccc(F)cc2)CCOCC1. The molecule has 1 saturated heterocycles. The lowest BCUT2D eigenvalue weighted by Crippen LogP contribution is -2.47. The zero-order valence-corrected chi connectivity index (χ0v) is 15.5. The predicted molar refractivity (Wildman–Crippen MR) is 95.8 cm³/mol. The molecule has 1 N–H and O–H groups in total. The van der Waals surface area contributed by atoms with Crippen molar-refractivity contribution in [1.82, 2.24) is 10.3 Å². The van der Waals surface area contributed by atoms with Crippen LogP contribution in [0.15, 0.2) is 42.6 Å². The van der Waals surface area contributed by atoms with Crippen LogP contribution >= 0.6 is 0 Å². The Balaban J connectivity index is 1.70. The molecular weight excluding hydrogens is 392 g/mol. The molecule has 2 aromatic rings. The van der Waals surface area contributed by atoms with Gasteiger partial charge in [0.15, 0.2) is 6.61 Å². The first kappa shape index (κ1) is 21.0. The van der Waals surface area contributed by atoms with E-state index in [1.54, 1.807) is 18.2 Å². The van der Waals surface area contributed by atoms with Gasteiger partial charge >= 0.3 is 6.18 Å². The van der Waals surface area contributed by atoms with E-state index in [9.17, 15) is 22.4 Å². The lowest BCUT2D eigenvalue weighted by Gasteiger charge is -2.36. The van der Waals surface area contributed by atoms with Gasteiger partial charge in [-0.1, -0.05) is 12.1 Å². The van der Waals surface area contributed by atoms with E-state index in [1.165, 1.54) is 24.4 Å². The largest absolute Gasteiger partial charge is 0.468 e. The smallest absolute Gasteiger partial charge is 0.422 e. The summed E-state index contributed by atoms with van der Waals surface area (Å²) in [4.78, 5) is 16.8. The summed E-state index contributed by atoms with van der Waals surface area (Å²) in [5, 5.41) is 2.83. The predicted octanol–water partition coefficient (Wildman–Crippen LogP) is 3.53. The molecule has 5 nitrogen and oxygen atoms in total. The monoisotopic (exact) mass is 412 g/mol. The number of aromatic nitrogens is 1. The highest BCUT2D eigenvalue weighted by Gasteiger charge is 2.41. The maximum atomic E-state index is 13.3. The summed E-state index contributed by atoms with van der Waals surface area (Å²) >= 11 is 0. The molecule has 1 aliphatic rings. The van der Waals surface area contributed by atoms with Gasteiger partial charge in [-0.3, -0.25) is 4.79 Å². The number of halogens is 4. The van der Waals surface area contributed by atoms with Crippen LogP contribution in [0.4, 0.5) is 17.6 Å². The Bertz CT molecular complexity index is 834. The normalized spacial score (nSPS) is 16.3. The molecule has 0 bridgehead atoms. The van der Waals surface area contributed by atoms with Crippen molar-refractivity contribution >= 4 is 5.91 Å². The second-order valence-electron chi connectivity index (χ2n) is 6.79. The van der Waals surface area contributed by atoms with Gasteiger partial charge in [-0.15, -0.1) is 0 Å². The summed E-state index contributed by atoms with van der Waals surface area (Å²) in [5.74, 6) is -0.810. The number of nitrogens with zero attached hydrogens (tertiary/aromatic N) is 1. The van der Waals surface area contributed by atoms with Crippen molar-refractivity contribution in [1.29, 1.82) is 0 Å². The quantitative estimate of drug-likeness (QED) is 0.738. The number of alkyl halides is 3. The van der Waals surface area contributed by atoms with Crippen LogP contribution in [0.25, 0.3) is 0 Å². The Morgan fingerprint density at radius 3 is 2.52 bits per heavy atom. The Labute approximate surface area is 165 Å². The fourth-order valence-electron chi connectivity index (χ4n) is 3.28. The highest BCUT2D eigenvalue weighted by Crippen LogP contribution is 2.35. The van der Waals surface area contributed by atoms with Crippen LogP contribution in [-0.2, 0) is 21.5 Å². The molecule has 1 amide bonds. The van der Waals surface area contributed by atoms with Crippen molar-refractivity contribution < 1.29 is 31.8 Å². The third kappa shape index (κ3) is 5.44. The van der Waals surface area contributed by atoms with E-state index in [4.69, 9.17) is 4.74 Å². The van der Waals surface area contributed by atoms with Gasteiger partial charge in [-0.05, 0) is 42.2 Å². The molecule has 1 aromatic carbocycles. The lowest BCUT2D eigenvalue weighted by atomic mass is 9.73. The number of ether oxygens (including phenoxy) is 2. The highest BCUT2D eigenvalue weighted by molar-refractivity contribution is 5.88. The lowest BCUT2D eigenvalue weighted by molar-refractivity contribution is -0.154. The summed E-state index contributed by atoms with van der Waals surface area (Å²) in [5.41, 5.74) is 0.393. The van der Waals surface area contributed by atoms with Crippen molar-refractivity contribution in [2.24, 2.45) is 0 Å². The highest BCUT2D eigenvalue weighted by atomic mass is 19.4. The third-order valence-corrected chi connectivity index (χ3v) is 4.81. The molecule has 156 valence electrons. The number of carbonyl (C=O) groups excluding carboxylic acids is 1. The second kappa shape index (κ2) is 8.77. The number of benzene rings is 1. The Kier molecular flexibility index (Phi) is 6.36. The van der Waals surface area contributed by atoms with Crippen LogP contribution in [0, 0.1) is 5.82 Å². The van der Waals surface area contributed by atoms with Gasteiger partial charge in [0.1, 0.15) is 5.82 Å². The van der Waals surface area contributed by atoms with Gasteiger partial charge in [0.2, 0.25) is 11.8 Å². The number of amides is 1. The molecule has 3 rings (SSSR count). The standard InChI is InChI=1S/C20H20F4N2O3/c21-16-3-1-15(2-4-16)19(6-9-28-10-7-19)18(27)26-12-14-5-8-25-17(11-14)29-13-20(22,23)24/h1-5,8,11H,6-7,9-10,12-13H2,(H,26,27). The van der Waals surface area contributed by atoms with E-state index in [2.05, 4.69) is 15.0 Å². The summed E-state index contributed by atoms with van der Waals surface area (Å²) < 4.78 is 60.2. The molecule has 29 heavy (non-hydrogen) atoms. The van der Waals surface area contributed by atoms with E-state index in [-0.39, 0.29) is 24.1 Å². The van der Waals surface area contributed by atoms with Crippen LogP contribution in [0.1, 0.15) is 24.0 Å². The van der Waals surface area contributed by atoms with E-state index >= 15 is 0 Å². The number of hydrogen-bond donors (Lipinski definition) is 1. The molecule has 0 atom stereocenters. The number of hydrogen-bond acceptors (Lipinski definition) is 4. The zero-order valence-electron chi connectivity index (χ0n) is 15.5. The van der Waals surface area contributed by atoms with Gasteiger partial charge in [0.05, 0.1) is 5.41 Å². The molecule has 1 aliphatic heterocycles. The van der Waals surface area contributed by atoms with Crippen LogP contribution in [0.3, 0.4) is 0 Å². The molecule has 2 heterocycles. The summed E-state index contributed by atoms with van der Waals surface area (Å²) in [6, 6.07) is 8.74. The average molecular weight is 412 g/mol. The number of carbonyl (C=O) groups is 1. The molecule has 0 radical (unpaired) electrons. The number of rotatable bonds is 6. The minimum absolute atomic E-state index is 0.0908. The van der Waals surface area contributed by atoms with Gasteiger partial charge in [-0.25, -0.2) is 9.37 Å². The first-order valence-corrected chi connectivity index (χ1v) is 9.05. The molecule has 0 saturated carbocycles. The van der Waals surface area contributed by atoms with Gasteiger partial charge in [-0.2, -0.15) is 13.2 Å². The van der Waals surface area contributed by atoms with Gasteiger partial charge < -0.3 is 14.8 Å². The van der Waals surface area contributed by atoms with E-state index in [0.717, 1.165) is 0 Å². The minimum Gasteiger partial charge on any atom is -0.468 e. The van der Waals surface area contributed by atoms with E-state index in [0.29, 0.717) is 37.2 Å². The maximum Gasteiger partial charge on any atom is 0.422 e. The Hall–Kier alpha value is -2.68. The number of pyridine rings is 1. The molecular formula is C20H20F4N2O3. The molecule has 1 fully saturated rings. The first-order valence-electron chi connectivity index (χ1n) is 9.05. The van der Waals surface area contributed by atoms with Crippen molar-refractivity contribution in [3.05, 3.63) is 59.5 Å². The van der Waals surface area contributed by atoms with Gasteiger partial charge in [0, 0.05) is 32.0 Å². The van der Waals surface area contributed by atoms with Crippen LogP contribution in [-0.4, -0.2) is 36.9 Å². The molecule has 9 heteroatoms. The molecule has 1 aromatic heterocycles. The van der Waals surface area contributed by atoms with Gasteiger partial charge in [0.25, 0.3) is 0 Å². The van der Waals surface area contributed by atoms with Crippen molar-refractivity contribution in [3.8, 4) is 5.88 Å². The van der Waals surface area contributed by atoms with E-state index < -0.39 is 18.2 Å². The molecule has 0 aliphatic carbocycles. The Morgan fingerprint density at radius 1 is 1.17 bits per heavy atom. The van der Waals surface area contributed by atoms with Crippen LogP contribution in [0.5, 0.6) is 5.88 Å². The van der Waals surface area contributed by atoms with Crippen molar-refractivity contribution in [2.75, 3.05) is 19.8 Å². The minimum atomic E-state index is -4.46. The summed E-state index contributed by atoms with van der Waals surface area (Å²) in [6.45, 7) is -0.554. The van der Waals surface area contributed by atoms with E-state index in [1.807, 2.05) is 0 Å². The summed E-state index contributed by atoms with van der Waals surface area (Å²) in [6.07, 6.45) is -2.25. The molecule has 0 unspecified atom stereocenters. The van der Waals surface area contributed by atoms with Crippen LogP contribution < -0.4 is 10.1 Å². The van der Waals surface area contributed by atoms with Crippen molar-refractivity contribution in [2.45, 2.75) is 31.0 Å². The zero-order chi connectivity index (χ0) is 20.9. The fraction of sp³-hybridized carbons (Fsp3) is 0.400. The van der Waals surface area contributed by atoms with Crippen LogP contribution in [0.2, 0.25) is 0 Å². The fourth-order valence-corrected chi connectivity index (χ4v) is 3.28. The van der Waals surface area contributed by atoms with Crippen molar-refractivity contribution in [3.63, 3.8) is 0 Å². The first-order chi connectivity index (χ1) is 13.8. The molecule has 0 spiro atoms. The number of nitrogens with one attached hydrogen (secondary N) is 1. The Morgan fingerprint density at radius 2 is 1.86 bits per heavy atom. The second-order valence-corrected chi connectivity index (χ2v) is 6.79.